The maximum atomic E-state index is 12.9. The van der Waals surface area contributed by atoms with Crippen molar-refractivity contribution in [3.63, 3.8) is 0 Å². The molecule has 0 saturated heterocycles. The lowest BCUT2D eigenvalue weighted by molar-refractivity contribution is 0.0724. The van der Waals surface area contributed by atoms with Gasteiger partial charge in [0.05, 0.1) is 25.0 Å². The quantitative estimate of drug-likeness (QED) is 0.769. The Morgan fingerprint density at radius 1 is 1.37 bits per heavy atom. The van der Waals surface area contributed by atoms with Crippen LogP contribution in [0, 0.1) is 0 Å². The van der Waals surface area contributed by atoms with Crippen LogP contribution in [0.3, 0.4) is 0 Å². The SMILES string of the molecule is COc1cccc(-c2nc3c([nH]2)CN(C(=O)c2ncoc2C2CC2)CC3)c1. The molecule has 3 aromatic rings. The van der Waals surface area contributed by atoms with E-state index in [9.17, 15) is 4.79 Å². The number of aromatic amines is 1. The van der Waals surface area contributed by atoms with Gasteiger partial charge in [-0.25, -0.2) is 9.97 Å². The van der Waals surface area contributed by atoms with E-state index >= 15 is 0 Å². The minimum atomic E-state index is -0.0613. The number of H-pyrrole nitrogens is 1. The first-order chi connectivity index (χ1) is 13.2. The van der Waals surface area contributed by atoms with Gasteiger partial charge in [0.2, 0.25) is 0 Å². The zero-order chi connectivity index (χ0) is 18.4. The summed E-state index contributed by atoms with van der Waals surface area (Å²) in [6.07, 6.45) is 4.25. The third-order valence-electron chi connectivity index (χ3n) is 5.21. The highest BCUT2D eigenvalue weighted by molar-refractivity contribution is 5.93. The molecule has 7 nitrogen and oxygen atoms in total. The molecule has 0 bridgehead atoms. The predicted octanol–water partition coefficient (Wildman–Crippen LogP) is 3.15. The molecule has 2 aromatic heterocycles. The Bertz CT molecular complexity index is 1000. The number of fused-ring (bicyclic) bond motifs is 1. The van der Waals surface area contributed by atoms with Crippen molar-refractivity contribution in [3.05, 3.63) is 53.5 Å². The Labute approximate surface area is 156 Å². The van der Waals surface area contributed by atoms with Crippen molar-refractivity contribution < 1.29 is 13.9 Å². The summed E-state index contributed by atoms with van der Waals surface area (Å²) < 4.78 is 10.8. The number of nitrogens with one attached hydrogen (secondary N) is 1. The number of benzene rings is 1. The number of oxazole rings is 1. The van der Waals surface area contributed by atoms with Gasteiger partial charge in [-0.1, -0.05) is 12.1 Å². The number of carbonyl (C=O) groups excluding carboxylic acids is 1. The lowest BCUT2D eigenvalue weighted by Gasteiger charge is -2.25. The number of nitrogens with zero attached hydrogens (tertiary/aromatic N) is 3. The summed E-state index contributed by atoms with van der Waals surface area (Å²) >= 11 is 0. The molecule has 3 heterocycles. The van der Waals surface area contributed by atoms with Gasteiger partial charge in [0.25, 0.3) is 5.91 Å². The molecule has 1 saturated carbocycles. The van der Waals surface area contributed by atoms with Crippen molar-refractivity contribution in [2.24, 2.45) is 0 Å². The van der Waals surface area contributed by atoms with Crippen LogP contribution in [0.5, 0.6) is 5.75 Å². The van der Waals surface area contributed by atoms with Crippen LogP contribution in [0.4, 0.5) is 0 Å². The molecular formula is C20H20N4O3. The fraction of sp³-hybridized carbons (Fsp3) is 0.350. The standard InChI is InChI=1S/C20H20N4O3/c1-26-14-4-2-3-13(9-14)19-22-15-7-8-24(10-16(15)23-19)20(25)17-18(12-5-6-12)27-11-21-17/h2-4,9,11-12H,5-8,10H2,1H3,(H,22,23). The molecule has 0 atom stereocenters. The van der Waals surface area contributed by atoms with Crippen molar-refractivity contribution >= 4 is 5.91 Å². The van der Waals surface area contributed by atoms with Crippen LogP contribution in [0.2, 0.25) is 0 Å². The van der Waals surface area contributed by atoms with E-state index in [1.807, 2.05) is 29.2 Å². The minimum Gasteiger partial charge on any atom is -0.497 e. The van der Waals surface area contributed by atoms with E-state index in [0.717, 1.165) is 53.5 Å². The average Bonchev–Trinajstić information content (AvgIpc) is 3.28. The number of rotatable bonds is 4. The number of ether oxygens (including phenoxy) is 1. The molecule has 1 N–H and O–H groups in total. The van der Waals surface area contributed by atoms with E-state index in [0.29, 0.717) is 24.7 Å². The molecule has 0 radical (unpaired) electrons. The first-order valence-corrected chi connectivity index (χ1v) is 9.18. The molecule has 27 heavy (non-hydrogen) atoms. The molecule has 2 aliphatic rings. The highest BCUT2D eigenvalue weighted by atomic mass is 16.5. The Morgan fingerprint density at radius 3 is 3.07 bits per heavy atom. The predicted molar refractivity (Wildman–Crippen MR) is 97.5 cm³/mol. The minimum absolute atomic E-state index is 0.0613. The monoisotopic (exact) mass is 364 g/mol. The van der Waals surface area contributed by atoms with Crippen molar-refractivity contribution in [2.75, 3.05) is 13.7 Å². The average molecular weight is 364 g/mol. The number of imidazole rings is 1. The Kier molecular flexibility index (Phi) is 3.74. The van der Waals surface area contributed by atoms with Gasteiger partial charge in [-0.15, -0.1) is 0 Å². The van der Waals surface area contributed by atoms with E-state index in [1.54, 1.807) is 7.11 Å². The first kappa shape index (κ1) is 16.1. The first-order valence-electron chi connectivity index (χ1n) is 9.18. The molecule has 1 amide bonds. The third kappa shape index (κ3) is 2.89. The zero-order valence-electron chi connectivity index (χ0n) is 15.1. The maximum absolute atomic E-state index is 12.9. The molecule has 0 unspecified atom stereocenters. The van der Waals surface area contributed by atoms with Crippen LogP contribution in [0.25, 0.3) is 11.4 Å². The smallest absolute Gasteiger partial charge is 0.276 e. The molecule has 0 spiro atoms. The van der Waals surface area contributed by atoms with Gasteiger partial charge < -0.3 is 19.0 Å². The van der Waals surface area contributed by atoms with Gasteiger partial charge in [0.1, 0.15) is 17.3 Å². The van der Waals surface area contributed by atoms with E-state index in [2.05, 4.69) is 9.97 Å². The highest BCUT2D eigenvalue weighted by Gasteiger charge is 2.35. The van der Waals surface area contributed by atoms with Crippen molar-refractivity contribution in [3.8, 4) is 17.1 Å². The lowest BCUT2D eigenvalue weighted by atomic mass is 10.1. The number of hydrogen-bond donors (Lipinski definition) is 1. The fourth-order valence-corrected chi connectivity index (χ4v) is 3.57. The van der Waals surface area contributed by atoms with E-state index in [-0.39, 0.29) is 5.91 Å². The van der Waals surface area contributed by atoms with E-state index in [4.69, 9.17) is 14.1 Å². The van der Waals surface area contributed by atoms with Crippen LogP contribution >= 0.6 is 0 Å². The largest absolute Gasteiger partial charge is 0.497 e. The third-order valence-corrected chi connectivity index (χ3v) is 5.21. The maximum Gasteiger partial charge on any atom is 0.276 e. The summed E-state index contributed by atoms with van der Waals surface area (Å²) in [5, 5.41) is 0. The van der Waals surface area contributed by atoms with Crippen LogP contribution in [0.15, 0.2) is 35.1 Å². The number of amides is 1. The summed E-state index contributed by atoms with van der Waals surface area (Å²) in [5.41, 5.74) is 3.42. The number of methoxy groups -OCH3 is 1. The normalized spacial score (nSPS) is 16.3. The second kappa shape index (κ2) is 6.26. The van der Waals surface area contributed by atoms with Gasteiger partial charge in [-0.3, -0.25) is 4.79 Å². The summed E-state index contributed by atoms with van der Waals surface area (Å²) in [6, 6.07) is 7.79. The number of hydrogen-bond acceptors (Lipinski definition) is 5. The van der Waals surface area contributed by atoms with Crippen LogP contribution in [-0.4, -0.2) is 39.4 Å². The number of aromatic nitrogens is 3. The van der Waals surface area contributed by atoms with Crippen LogP contribution in [0.1, 0.15) is 46.4 Å². The Balaban J connectivity index is 1.39. The second-order valence-electron chi connectivity index (χ2n) is 7.06. The van der Waals surface area contributed by atoms with Crippen molar-refractivity contribution in [2.45, 2.75) is 31.7 Å². The molecule has 138 valence electrons. The molecule has 1 aromatic carbocycles. The Hall–Kier alpha value is -3.09. The molecule has 1 aliphatic heterocycles. The molecule has 7 heteroatoms. The van der Waals surface area contributed by atoms with Crippen LogP contribution in [-0.2, 0) is 13.0 Å². The van der Waals surface area contributed by atoms with Gasteiger partial charge in [-0.05, 0) is 25.0 Å². The summed E-state index contributed by atoms with van der Waals surface area (Å²) in [7, 11) is 1.65. The Morgan fingerprint density at radius 2 is 2.26 bits per heavy atom. The topological polar surface area (TPSA) is 84.2 Å². The zero-order valence-corrected chi connectivity index (χ0v) is 15.1. The van der Waals surface area contributed by atoms with Crippen molar-refractivity contribution in [1.29, 1.82) is 0 Å². The fourth-order valence-electron chi connectivity index (χ4n) is 3.57. The van der Waals surface area contributed by atoms with E-state index < -0.39 is 0 Å². The van der Waals surface area contributed by atoms with Gasteiger partial charge in [0.15, 0.2) is 12.1 Å². The van der Waals surface area contributed by atoms with Gasteiger partial charge >= 0.3 is 0 Å². The van der Waals surface area contributed by atoms with Gasteiger partial charge in [-0.2, -0.15) is 0 Å². The molecular weight excluding hydrogens is 344 g/mol. The van der Waals surface area contributed by atoms with Crippen LogP contribution < -0.4 is 4.74 Å². The highest BCUT2D eigenvalue weighted by Crippen LogP contribution is 2.41. The number of carbonyl (C=O) groups is 1. The summed E-state index contributed by atoms with van der Waals surface area (Å²) in [6.45, 7) is 1.13. The lowest BCUT2D eigenvalue weighted by Crippen LogP contribution is -2.36. The second-order valence-corrected chi connectivity index (χ2v) is 7.06. The molecule has 5 rings (SSSR count). The molecule has 1 fully saturated rings. The summed E-state index contributed by atoms with van der Waals surface area (Å²) in [4.78, 5) is 27.0. The summed E-state index contributed by atoms with van der Waals surface area (Å²) in [5.74, 6) is 2.63. The molecule has 1 aliphatic carbocycles. The van der Waals surface area contributed by atoms with Crippen molar-refractivity contribution in [1.82, 2.24) is 19.9 Å². The van der Waals surface area contributed by atoms with E-state index in [1.165, 1.54) is 6.39 Å². The van der Waals surface area contributed by atoms with Gasteiger partial charge in [0, 0.05) is 24.4 Å².